The van der Waals surface area contributed by atoms with Crippen molar-refractivity contribution >= 4 is 5.69 Å². The second-order valence-electron chi connectivity index (χ2n) is 7.00. The molecule has 0 unspecified atom stereocenters. The smallest absolute Gasteiger partial charge is 0.0347 e. The van der Waals surface area contributed by atoms with E-state index < -0.39 is 0 Å². The highest BCUT2D eigenvalue weighted by Gasteiger charge is 2.37. The minimum absolute atomic E-state index is 0.701. The minimum atomic E-state index is 0.701. The molecule has 0 heterocycles. The molecule has 1 nitrogen and oxygen atoms in total. The fourth-order valence-corrected chi connectivity index (χ4v) is 4.29. The summed E-state index contributed by atoms with van der Waals surface area (Å²) in [6.45, 7) is 4.37. The summed E-state index contributed by atoms with van der Waals surface area (Å²) in [6.07, 6.45) is 11.6. The second-order valence-corrected chi connectivity index (χ2v) is 7.00. The van der Waals surface area contributed by atoms with Gasteiger partial charge in [-0.05, 0) is 81.0 Å². The standard InChI is InChI=1S/C18H27N/c1-14-11-15(2)13-17(12-14)19-16-5-9-18(10-6-16)7-3-4-8-18/h11-13,16,19H,3-10H2,1-2H3. The van der Waals surface area contributed by atoms with Crippen molar-refractivity contribution in [1.29, 1.82) is 0 Å². The zero-order valence-electron chi connectivity index (χ0n) is 12.5. The van der Waals surface area contributed by atoms with Gasteiger partial charge >= 0.3 is 0 Å². The summed E-state index contributed by atoms with van der Waals surface area (Å²) in [5.74, 6) is 0. The molecule has 104 valence electrons. The Kier molecular flexibility index (Phi) is 3.56. The van der Waals surface area contributed by atoms with Crippen LogP contribution < -0.4 is 5.32 Å². The molecule has 0 amide bonds. The van der Waals surface area contributed by atoms with Crippen LogP contribution in [0.15, 0.2) is 18.2 Å². The van der Waals surface area contributed by atoms with E-state index in [-0.39, 0.29) is 0 Å². The van der Waals surface area contributed by atoms with Gasteiger partial charge in [-0.25, -0.2) is 0 Å². The Morgan fingerprint density at radius 1 is 0.895 bits per heavy atom. The molecule has 1 heteroatoms. The summed E-state index contributed by atoms with van der Waals surface area (Å²) >= 11 is 0. The van der Waals surface area contributed by atoms with Crippen LogP contribution in [0.1, 0.15) is 62.5 Å². The van der Waals surface area contributed by atoms with E-state index in [1.54, 1.807) is 0 Å². The number of aryl methyl sites for hydroxylation is 2. The zero-order valence-corrected chi connectivity index (χ0v) is 12.5. The molecule has 0 aliphatic heterocycles. The Morgan fingerprint density at radius 3 is 2.05 bits per heavy atom. The summed E-state index contributed by atoms with van der Waals surface area (Å²) < 4.78 is 0. The van der Waals surface area contributed by atoms with Crippen LogP contribution >= 0.6 is 0 Å². The molecule has 1 aromatic carbocycles. The molecule has 2 saturated carbocycles. The molecule has 0 aromatic heterocycles. The van der Waals surface area contributed by atoms with Gasteiger partial charge in [-0.1, -0.05) is 18.9 Å². The summed E-state index contributed by atoms with van der Waals surface area (Å²) in [5.41, 5.74) is 4.81. The lowest BCUT2D eigenvalue weighted by molar-refractivity contribution is 0.188. The van der Waals surface area contributed by atoms with Gasteiger partial charge in [0, 0.05) is 11.7 Å². The average molecular weight is 257 g/mol. The van der Waals surface area contributed by atoms with E-state index in [2.05, 4.69) is 37.4 Å². The van der Waals surface area contributed by atoms with Crippen molar-refractivity contribution in [3.8, 4) is 0 Å². The quantitative estimate of drug-likeness (QED) is 0.766. The Balaban J connectivity index is 1.59. The van der Waals surface area contributed by atoms with Crippen LogP contribution in [-0.2, 0) is 0 Å². The first-order valence-electron chi connectivity index (χ1n) is 8.00. The summed E-state index contributed by atoms with van der Waals surface area (Å²) in [4.78, 5) is 0. The number of nitrogens with one attached hydrogen (secondary N) is 1. The Labute approximate surface area is 117 Å². The van der Waals surface area contributed by atoms with Gasteiger partial charge in [0.15, 0.2) is 0 Å². The maximum absolute atomic E-state index is 3.77. The van der Waals surface area contributed by atoms with Crippen LogP contribution in [0.25, 0.3) is 0 Å². The van der Waals surface area contributed by atoms with E-state index in [0.29, 0.717) is 6.04 Å². The lowest BCUT2D eigenvalue weighted by atomic mass is 9.71. The maximum Gasteiger partial charge on any atom is 0.0347 e. The van der Waals surface area contributed by atoms with Crippen molar-refractivity contribution in [3.05, 3.63) is 29.3 Å². The van der Waals surface area contributed by atoms with Crippen molar-refractivity contribution in [2.75, 3.05) is 5.32 Å². The van der Waals surface area contributed by atoms with Gasteiger partial charge in [0.1, 0.15) is 0 Å². The molecular weight excluding hydrogens is 230 g/mol. The van der Waals surface area contributed by atoms with E-state index in [0.717, 1.165) is 5.41 Å². The lowest BCUT2D eigenvalue weighted by Crippen LogP contribution is -2.31. The van der Waals surface area contributed by atoms with E-state index in [9.17, 15) is 0 Å². The van der Waals surface area contributed by atoms with Crippen LogP contribution in [0.3, 0.4) is 0 Å². The molecule has 1 aromatic rings. The summed E-state index contributed by atoms with van der Waals surface area (Å²) in [7, 11) is 0. The molecule has 0 radical (unpaired) electrons. The molecule has 2 aliphatic rings. The lowest BCUT2D eigenvalue weighted by Gasteiger charge is -2.38. The predicted octanol–water partition coefficient (Wildman–Crippen LogP) is 5.22. The van der Waals surface area contributed by atoms with Gasteiger partial charge in [-0.15, -0.1) is 0 Å². The van der Waals surface area contributed by atoms with Crippen molar-refractivity contribution in [3.63, 3.8) is 0 Å². The van der Waals surface area contributed by atoms with E-state index in [1.807, 2.05) is 0 Å². The van der Waals surface area contributed by atoms with Gasteiger partial charge in [0.05, 0.1) is 0 Å². The van der Waals surface area contributed by atoms with Gasteiger partial charge in [-0.2, -0.15) is 0 Å². The van der Waals surface area contributed by atoms with Crippen LogP contribution in [0.4, 0.5) is 5.69 Å². The van der Waals surface area contributed by atoms with Crippen LogP contribution in [0.5, 0.6) is 0 Å². The summed E-state index contributed by atoms with van der Waals surface area (Å²) in [6, 6.07) is 7.52. The number of rotatable bonds is 2. The van der Waals surface area contributed by atoms with Crippen molar-refractivity contribution < 1.29 is 0 Å². The Morgan fingerprint density at radius 2 is 1.47 bits per heavy atom. The van der Waals surface area contributed by atoms with Crippen LogP contribution in [0, 0.1) is 19.3 Å². The number of hydrogen-bond acceptors (Lipinski definition) is 1. The fourth-order valence-electron chi connectivity index (χ4n) is 4.29. The second kappa shape index (κ2) is 5.19. The molecule has 0 bridgehead atoms. The van der Waals surface area contributed by atoms with E-state index in [1.165, 1.54) is 68.2 Å². The van der Waals surface area contributed by atoms with Crippen LogP contribution in [0.2, 0.25) is 0 Å². The maximum atomic E-state index is 3.77. The van der Waals surface area contributed by atoms with Gasteiger partial charge < -0.3 is 5.32 Å². The molecule has 19 heavy (non-hydrogen) atoms. The summed E-state index contributed by atoms with van der Waals surface area (Å²) in [5, 5.41) is 3.77. The third-order valence-electron chi connectivity index (χ3n) is 5.30. The number of hydrogen-bond donors (Lipinski definition) is 1. The fraction of sp³-hybridized carbons (Fsp3) is 0.667. The predicted molar refractivity (Wildman–Crippen MR) is 82.7 cm³/mol. The topological polar surface area (TPSA) is 12.0 Å². The number of anilines is 1. The molecular formula is C18H27N. The highest BCUT2D eigenvalue weighted by atomic mass is 14.9. The Bertz CT molecular complexity index is 413. The third kappa shape index (κ3) is 2.96. The van der Waals surface area contributed by atoms with Crippen molar-refractivity contribution in [1.82, 2.24) is 0 Å². The minimum Gasteiger partial charge on any atom is -0.382 e. The SMILES string of the molecule is Cc1cc(C)cc(NC2CCC3(CCCC3)CC2)c1. The first-order valence-corrected chi connectivity index (χ1v) is 8.00. The highest BCUT2D eigenvalue weighted by Crippen LogP contribution is 2.49. The first kappa shape index (κ1) is 13.0. The largest absolute Gasteiger partial charge is 0.382 e. The molecule has 1 N–H and O–H groups in total. The molecule has 0 saturated heterocycles. The molecule has 2 aliphatic carbocycles. The monoisotopic (exact) mass is 257 g/mol. The Hall–Kier alpha value is -0.980. The van der Waals surface area contributed by atoms with Gasteiger partial charge in [-0.3, -0.25) is 0 Å². The zero-order chi connectivity index (χ0) is 13.3. The molecule has 3 rings (SSSR count). The normalized spacial score (nSPS) is 22.8. The van der Waals surface area contributed by atoms with Gasteiger partial charge in [0.2, 0.25) is 0 Å². The molecule has 1 spiro atoms. The highest BCUT2D eigenvalue weighted by molar-refractivity contribution is 5.49. The molecule has 2 fully saturated rings. The van der Waals surface area contributed by atoms with E-state index in [4.69, 9.17) is 0 Å². The van der Waals surface area contributed by atoms with Crippen LogP contribution in [-0.4, -0.2) is 6.04 Å². The number of benzene rings is 1. The first-order chi connectivity index (χ1) is 9.15. The average Bonchev–Trinajstić information content (AvgIpc) is 2.80. The molecule has 0 atom stereocenters. The third-order valence-corrected chi connectivity index (χ3v) is 5.30. The van der Waals surface area contributed by atoms with E-state index >= 15 is 0 Å². The van der Waals surface area contributed by atoms with Crippen molar-refractivity contribution in [2.45, 2.75) is 71.3 Å². The van der Waals surface area contributed by atoms with Gasteiger partial charge in [0.25, 0.3) is 0 Å². The van der Waals surface area contributed by atoms with Crippen molar-refractivity contribution in [2.24, 2.45) is 5.41 Å².